The van der Waals surface area contributed by atoms with Gasteiger partial charge in [0.15, 0.2) is 0 Å². The second-order valence-electron chi connectivity index (χ2n) is 5.60. The summed E-state index contributed by atoms with van der Waals surface area (Å²) in [6, 6.07) is 8.35. The third-order valence-corrected chi connectivity index (χ3v) is 3.88. The van der Waals surface area contributed by atoms with E-state index in [1.54, 1.807) is 7.11 Å². The number of anilines is 1. The third-order valence-electron chi connectivity index (χ3n) is 3.88. The van der Waals surface area contributed by atoms with Gasteiger partial charge in [0, 0.05) is 31.7 Å². The summed E-state index contributed by atoms with van der Waals surface area (Å²) in [7, 11) is 1.65. The molecule has 3 rings (SSSR count). The van der Waals surface area contributed by atoms with Crippen molar-refractivity contribution in [3.63, 3.8) is 0 Å². The van der Waals surface area contributed by atoms with Gasteiger partial charge in [0.25, 0.3) is 0 Å². The first-order valence-corrected chi connectivity index (χ1v) is 6.81. The topological polar surface area (TPSA) is 60.2 Å². The van der Waals surface area contributed by atoms with Crippen LogP contribution >= 0.6 is 0 Å². The highest BCUT2D eigenvalue weighted by Crippen LogP contribution is 2.33. The molecule has 2 heterocycles. The van der Waals surface area contributed by atoms with E-state index >= 15 is 0 Å². The van der Waals surface area contributed by atoms with Crippen LogP contribution < -0.4 is 5.32 Å². The molecule has 0 radical (unpaired) electrons. The maximum absolute atomic E-state index is 5.37. The maximum Gasteiger partial charge on any atom is 0.227 e. The molecule has 0 saturated heterocycles. The average Bonchev–Trinajstić information content (AvgIpc) is 3.08. The van der Waals surface area contributed by atoms with Crippen molar-refractivity contribution in [1.82, 2.24) is 10.1 Å². The van der Waals surface area contributed by atoms with Gasteiger partial charge in [-0.3, -0.25) is 0 Å². The number of hydrogen-bond acceptors (Lipinski definition) is 5. The molecule has 0 fully saturated rings. The molecule has 20 heavy (non-hydrogen) atoms. The van der Waals surface area contributed by atoms with Crippen LogP contribution in [0.2, 0.25) is 0 Å². The minimum Gasteiger partial charge on any atom is -0.384 e. The van der Waals surface area contributed by atoms with Crippen molar-refractivity contribution < 1.29 is 9.26 Å². The van der Waals surface area contributed by atoms with Gasteiger partial charge in [-0.15, -0.1) is 0 Å². The van der Waals surface area contributed by atoms with Gasteiger partial charge in [-0.25, -0.2) is 0 Å². The Kier molecular flexibility index (Phi) is 3.22. The molecular formula is C15H19N3O2. The van der Waals surface area contributed by atoms with E-state index in [1.165, 1.54) is 11.3 Å². The molecule has 1 N–H and O–H groups in total. The standard InChI is InChI=1S/C15H19N3O2/c1-15(2,19-3)14-17-13(20-18-14)8-10-9-16-12-7-5-4-6-11(10)12/h4-7,10,16H,8-9H2,1-3H3. The van der Waals surface area contributed by atoms with E-state index in [-0.39, 0.29) is 0 Å². The van der Waals surface area contributed by atoms with Gasteiger partial charge in [-0.1, -0.05) is 23.4 Å². The molecular weight excluding hydrogens is 254 g/mol. The molecule has 1 aliphatic rings. The minimum absolute atomic E-state index is 0.380. The van der Waals surface area contributed by atoms with Gasteiger partial charge >= 0.3 is 0 Å². The Balaban J connectivity index is 1.77. The summed E-state index contributed by atoms with van der Waals surface area (Å²) in [5, 5.41) is 7.43. The number of fused-ring (bicyclic) bond motifs is 1. The number of nitrogens with one attached hydrogen (secondary N) is 1. The number of methoxy groups -OCH3 is 1. The molecule has 1 unspecified atom stereocenters. The molecule has 106 valence electrons. The zero-order valence-corrected chi connectivity index (χ0v) is 12.0. The van der Waals surface area contributed by atoms with Crippen molar-refractivity contribution in [2.24, 2.45) is 0 Å². The average molecular weight is 273 g/mol. The summed E-state index contributed by atoms with van der Waals surface area (Å²) in [6.07, 6.45) is 0.747. The second-order valence-corrected chi connectivity index (χ2v) is 5.60. The van der Waals surface area contributed by atoms with E-state index < -0.39 is 5.60 Å². The Morgan fingerprint density at radius 1 is 1.40 bits per heavy atom. The number of aromatic nitrogens is 2. The predicted molar refractivity (Wildman–Crippen MR) is 75.7 cm³/mol. The molecule has 1 aliphatic heterocycles. The Bertz CT molecular complexity index is 607. The Hall–Kier alpha value is -1.88. The van der Waals surface area contributed by atoms with Gasteiger partial charge in [-0.2, -0.15) is 4.98 Å². The molecule has 1 aromatic heterocycles. The number of para-hydroxylation sites is 1. The first-order chi connectivity index (χ1) is 9.60. The molecule has 1 aromatic carbocycles. The van der Waals surface area contributed by atoms with Crippen LogP contribution in [0, 0.1) is 0 Å². The van der Waals surface area contributed by atoms with E-state index in [9.17, 15) is 0 Å². The molecule has 5 heteroatoms. The van der Waals surface area contributed by atoms with Crippen molar-refractivity contribution in [1.29, 1.82) is 0 Å². The second kappa shape index (κ2) is 4.90. The molecule has 2 aromatic rings. The number of hydrogen-bond donors (Lipinski definition) is 1. The molecule has 0 spiro atoms. The van der Waals surface area contributed by atoms with Gasteiger partial charge < -0.3 is 14.6 Å². The van der Waals surface area contributed by atoms with Crippen LogP contribution in [0.5, 0.6) is 0 Å². The lowest BCUT2D eigenvalue weighted by molar-refractivity contribution is 0.00973. The molecule has 0 aliphatic carbocycles. The SMILES string of the molecule is COC(C)(C)c1noc(CC2CNc3ccccc32)n1. The summed E-state index contributed by atoms with van der Waals surface area (Å²) >= 11 is 0. The van der Waals surface area contributed by atoms with Crippen LogP contribution in [-0.4, -0.2) is 23.8 Å². The van der Waals surface area contributed by atoms with Crippen LogP contribution in [0.25, 0.3) is 0 Å². The minimum atomic E-state index is -0.520. The number of rotatable bonds is 4. The smallest absolute Gasteiger partial charge is 0.227 e. The summed E-state index contributed by atoms with van der Waals surface area (Å²) in [4.78, 5) is 4.46. The monoisotopic (exact) mass is 273 g/mol. The molecule has 0 saturated carbocycles. The number of benzene rings is 1. The summed E-state index contributed by atoms with van der Waals surface area (Å²) in [6.45, 7) is 4.76. The molecule has 1 atom stereocenters. The highest BCUT2D eigenvalue weighted by atomic mass is 16.5. The quantitative estimate of drug-likeness (QED) is 0.928. The summed E-state index contributed by atoms with van der Waals surface area (Å²) in [5.41, 5.74) is 2.00. The fourth-order valence-electron chi connectivity index (χ4n) is 2.42. The zero-order valence-electron chi connectivity index (χ0n) is 12.0. The zero-order chi connectivity index (χ0) is 14.2. The van der Waals surface area contributed by atoms with E-state index in [0.717, 1.165) is 13.0 Å². The van der Waals surface area contributed by atoms with E-state index in [2.05, 4.69) is 33.7 Å². The van der Waals surface area contributed by atoms with Gasteiger partial charge in [0.05, 0.1) is 0 Å². The van der Waals surface area contributed by atoms with Crippen LogP contribution in [0.1, 0.15) is 37.0 Å². The normalized spacial score (nSPS) is 17.9. The molecule has 0 bridgehead atoms. The van der Waals surface area contributed by atoms with Gasteiger partial charge in [0.1, 0.15) is 5.60 Å². The van der Waals surface area contributed by atoms with Crippen LogP contribution in [0.3, 0.4) is 0 Å². The van der Waals surface area contributed by atoms with Crippen LogP contribution in [-0.2, 0) is 16.8 Å². The van der Waals surface area contributed by atoms with Crippen molar-refractivity contribution in [3.8, 4) is 0 Å². The van der Waals surface area contributed by atoms with Crippen molar-refractivity contribution >= 4 is 5.69 Å². The lowest BCUT2D eigenvalue weighted by atomic mass is 9.98. The maximum atomic E-state index is 5.37. The molecule has 0 amide bonds. The largest absolute Gasteiger partial charge is 0.384 e. The fourth-order valence-corrected chi connectivity index (χ4v) is 2.42. The van der Waals surface area contributed by atoms with E-state index in [0.29, 0.717) is 17.6 Å². The fraction of sp³-hybridized carbons (Fsp3) is 0.467. The number of ether oxygens (including phenoxy) is 1. The lowest BCUT2D eigenvalue weighted by Gasteiger charge is -2.17. The van der Waals surface area contributed by atoms with Gasteiger partial charge in [0.2, 0.25) is 11.7 Å². The lowest BCUT2D eigenvalue weighted by Crippen LogP contribution is -2.21. The highest BCUT2D eigenvalue weighted by molar-refractivity contribution is 5.57. The summed E-state index contributed by atoms with van der Waals surface area (Å²) < 4.78 is 10.7. The van der Waals surface area contributed by atoms with Crippen LogP contribution in [0.15, 0.2) is 28.8 Å². The van der Waals surface area contributed by atoms with E-state index in [4.69, 9.17) is 9.26 Å². The van der Waals surface area contributed by atoms with Crippen molar-refractivity contribution in [2.75, 3.05) is 19.0 Å². The van der Waals surface area contributed by atoms with Gasteiger partial charge in [-0.05, 0) is 25.5 Å². The number of nitrogens with zero attached hydrogens (tertiary/aromatic N) is 2. The Morgan fingerprint density at radius 3 is 3.00 bits per heavy atom. The predicted octanol–water partition coefficient (Wildman–Crippen LogP) is 2.70. The van der Waals surface area contributed by atoms with Crippen LogP contribution in [0.4, 0.5) is 5.69 Å². The molecule has 5 nitrogen and oxygen atoms in total. The van der Waals surface area contributed by atoms with Crippen molar-refractivity contribution in [3.05, 3.63) is 41.5 Å². The first kappa shape index (κ1) is 13.1. The van der Waals surface area contributed by atoms with Crippen molar-refractivity contribution in [2.45, 2.75) is 31.8 Å². The highest BCUT2D eigenvalue weighted by Gasteiger charge is 2.28. The van der Waals surface area contributed by atoms with E-state index in [1.807, 2.05) is 19.9 Å². The Labute approximate surface area is 118 Å². The Morgan fingerprint density at radius 2 is 2.20 bits per heavy atom. The first-order valence-electron chi connectivity index (χ1n) is 6.81. The summed E-state index contributed by atoms with van der Waals surface area (Å²) in [5.74, 6) is 1.63. The third kappa shape index (κ3) is 2.29.